The van der Waals surface area contributed by atoms with Crippen LogP contribution in [0.3, 0.4) is 0 Å². The number of fused-ring (bicyclic) bond motifs is 1. The maximum atomic E-state index is 13.2. The number of methoxy groups -OCH3 is 1. The smallest absolute Gasteiger partial charge is 0.270 e. The van der Waals surface area contributed by atoms with Gasteiger partial charge in [-0.15, -0.1) is 0 Å². The second kappa shape index (κ2) is 8.66. The van der Waals surface area contributed by atoms with E-state index in [4.69, 9.17) is 4.74 Å². The quantitative estimate of drug-likeness (QED) is 0.669. The van der Waals surface area contributed by atoms with E-state index in [2.05, 4.69) is 39.5 Å². The number of imidazole rings is 1. The van der Waals surface area contributed by atoms with Gasteiger partial charge in [0.1, 0.15) is 5.69 Å². The molecule has 3 aromatic rings. The van der Waals surface area contributed by atoms with Gasteiger partial charge >= 0.3 is 0 Å². The fraction of sp³-hybridized carbons (Fsp3) is 0.391. The van der Waals surface area contributed by atoms with Crippen LogP contribution in [0.4, 0.5) is 0 Å². The van der Waals surface area contributed by atoms with Gasteiger partial charge in [-0.2, -0.15) is 0 Å². The van der Waals surface area contributed by atoms with Gasteiger partial charge in [0.05, 0.1) is 18.8 Å². The predicted octanol–water partition coefficient (Wildman–Crippen LogP) is 3.47. The van der Waals surface area contributed by atoms with Gasteiger partial charge < -0.3 is 10.1 Å². The van der Waals surface area contributed by atoms with E-state index < -0.39 is 0 Å². The molecular weight excluding hydrogens is 364 g/mol. The van der Waals surface area contributed by atoms with Crippen molar-refractivity contribution in [1.29, 1.82) is 0 Å². The van der Waals surface area contributed by atoms with Crippen LogP contribution in [0, 0.1) is 0 Å². The first-order valence-electron chi connectivity index (χ1n) is 10.3. The molecule has 152 valence electrons. The van der Waals surface area contributed by atoms with Crippen molar-refractivity contribution < 1.29 is 9.53 Å². The Morgan fingerprint density at radius 2 is 1.93 bits per heavy atom. The minimum Gasteiger partial charge on any atom is -0.493 e. The number of likely N-dealkylation sites (tertiary alicyclic amines) is 1. The summed E-state index contributed by atoms with van der Waals surface area (Å²) < 4.78 is 7.26. The number of carbonyl (C=O) groups is 1. The highest BCUT2D eigenvalue weighted by molar-refractivity contribution is 5.95. The molecule has 0 spiro atoms. The first kappa shape index (κ1) is 19.5. The number of nitrogens with zero attached hydrogens (tertiary/aromatic N) is 3. The number of ether oxygens (including phenoxy) is 1. The fourth-order valence-electron chi connectivity index (χ4n) is 4.20. The Kier molecular flexibility index (Phi) is 5.81. The molecule has 0 radical (unpaired) electrons. The van der Waals surface area contributed by atoms with Gasteiger partial charge in [-0.05, 0) is 50.0 Å². The number of rotatable bonds is 7. The van der Waals surface area contributed by atoms with Crippen LogP contribution in [-0.4, -0.2) is 46.9 Å². The third kappa shape index (κ3) is 3.85. The minimum absolute atomic E-state index is 0.0947. The number of aryl methyl sites for hydroxylation is 1. The van der Waals surface area contributed by atoms with Crippen molar-refractivity contribution in [2.45, 2.75) is 32.2 Å². The van der Waals surface area contributed by atoms with Gasteiger partial charge in [0.2, 0.25) is 0 Å². The predicted molar refractivity (Wildman–Crippen MR) is 113 cm³/mol. The standard InChI is InChI=1S/C23H28N4O2/c1-3-18-21(27-15-9-12-20(29-2)22(27)25-18)23(28)24-16-19(26-13-7-8-14-26)17-10-5-4-6-11-17/h4-6,9-12,15,19H,3,7-8,13-14,16H2,1-2H3,(H,24,28). The molecule has 1 aromatic carbocycles. The van der Waals surface area contributed by atoms with E-state index in [1.54, 1.807) is 7.11 Å². The monoisotopic (exact) mass is 392 g/mol. The second-order valence-corrected chi connectivity index (χ2v) is 7.41. The Morgan fingerprint density at radius 1 is 1.17 bits per heavy atom. The molecule has 1 saturated heterocycles. The van der Waals surface area contributed by atoms with Crippen molar-refractivity contribution in [2.75, 3.05) is 26.7 Å². The summed E-state index contributed by atoms with van der Waals surface area (Å²) in [6.07, 6.45) is 4.98. The number of benzene rings is 1. The number of aromatic nitrogens is 2. The highest BCUT2D eigenvalue weighted by Gasteiger charge is 2.26. The summed E-state index contributed by atoms with van der Waals surface area (Å²) in [5.74, 6) is 0.572. The summed E-state index contributed by atoms with van der Waals surface area (Å²) in [6.45, 7) is 4.73. The van der Waals surface area contributed by atoms with E-state index in [9.17, 15) is 4.79 Å². The number of hydrogen-bond acceptors (Lipinski definition) is 4. The molecule has 0 saturated carbocycles. The first-order chi connectivity index (χ1) is 14.2. The second-order valence-electron chi connectivity index (χ2n) is 7.41. The summed E-state index contributed by atoms with van der Waals surface area (Å²) in [6, 6.07) is 14.4. The zero-order valence-corrected chi connectivity index (χ0v) is 17.1. The van der Waals surface area contributed by atoms with Crippen LogP contribution in [0.25, 0.3) is 5.65 Å². The Bertz CT molecular complexity index is 977. The van der Waals surface area contributed by atoms with E-state index in [1.165, 1.54) is 18.4 Å². The van der Waals surface area contributed by atoms with Crippen molar-refractivity contribution in [1.82, 2.24) is 19.6 Å². The van der Waals surface area contributed by atoms with Gasteiger partial charge in [-0.1, -0.05) is 37.3 Å². The van der Waals surface area contributed by atoms with Crippen molar-refractivity contribution in [2.24, 2.45) is 0 Å². The molecule has 0 aliphatic carbocycles. The molecule has 1 atom stereocenters. The molecule has 1 amide bonds. The molecule has 1 N–H and O–H groups in total. The summed E-state index contributed by atoms with van der Waals surface area (Å²) in [4.78, 5) is 20.3. The number of hydrogen-bond donors (Lipinski definition) is 1. The summed E-state index contributed by atoms with van der Waals surface area (Å²) in [7, 11) is 1.62. The Balaban J connectivity index is 1.60. The first-order valence-corrected chi connectivity index (χ1v) is 10.3. The molecular formula is C23H28N4O2. The van der Waals surface area contributed by atoms with Crippen LogP contribution < -0.4 is 10.1 Å². The van der Waals surface area contributed by atoms with Gasteiger partial charge in [-0.3, -0.25) is 14.1 Å². The largest absolute Gasteiger partial charge is 0.493 e. The molecule has 1 fully saturated rings. The van der Waals surface area contributed by atoms with Crippen molar-refractivity contribution >= 4 is 11.6 Å². The lowest BCUT2D eigenvalue weighted by atomic mass is 10.1. The number of nitrogens with one attached hydrogen (secondary N) is 1. The fourth-order valence-corrected chi connectivity index (χ4v) is 4.20. The van der Waals surface area contributed by atoms with E-state index in [0.717, 1.165) is 18.8 Å². The average Bonchev–Trinajstić information content (AvgIpc) is 3.42. The number of amides is 1. The Morgan fingerprint density at radius 3 is 2.62 bits per heavy atom. The van der Waals surface area contributed by atoms with Gasteiger partial charge in [0.25, 0.3) is 5.91 Å². The zero-order valence-electron chi connectivity index (χ0n) is 17.1. The highest BCUT2D eigenvalue weighted by Crippen LogP contribution is 2.25. The molecule has 2 aromatic heterocycles. The minimum atomic E-state index is -0.0947. The molecule has 6 heteroatoms. The number of pyridine rings is 1. The lowest BCUT2D eigenvalue weighted by molar-refractivity contribution is 0.0931. The number of carbonyl (C=O) groups excluding carboxylic acids is 1. The summed E-state index contributed by atoms with van der Waals surface area (Å²) in [5, 5.41) is 3.18. The SMILES string of the molecule is CCc1nc2c(OC)cccn2c1C(=O)NCC(c1ccccc1)N1CCCC1. The van der Waals surface area contributed by atoms with E-state index >= 15 is 0 Å². The van der Waals surface area contributed by atoms with E-state index in [-0.39, 0.29) is 11.9 Å². The van der Waals surface area contributed by atoms with Crippen LogP contribution >= 0.6 is 0 Å². The van der Waals surface area contributed by atoms with E-state index in [0.29, 0.717) is 30.1 Å². The van der Waals surface area contributed by atoms with Crippen LogP contribution in [0.15, 0.2) is 48.7 Å². The normalized spacial score (nSPS) is 15.5. The zero-order chi connectivity index (χ0) is 20.2. The molecule has 29 heavy (non-hydrogen) atoms. The van der Waals surface area contributed by atoms with Crippen molar-refractivity contribution in [3.05, 3.63) is 65.6 Å². The van der Waals surface area contributed by atoms with Gasteiger partial charge in [-0.25, -0.2) is 4.98 Å². The van der Waals surface area contributed by atoms with Crippen LogP contribution in [0.5, 0.6) is 5.75 Å². The third-order valence-corrected chi connectivity index (χ3v) is 5.68. The Labute approximate surface area is 171 Å². The average molecular weight is 393 g/mol. The van der Waals surface area contributed by atoms with Crippen molar-refractivity contribution in [3.8, 4) is 5.75 Å². The maximum Gasteiger partial charge on any atom is 0.270 e. The van der Waals surface area contributed by atoms with Gasteiger partial charge in [0, 0.05) is 12.7 Å². The van der Waals surface area contributed by atoms with Crippen LogP contribution in [0.1, 0.15) is 47.6 Å². The summed E-state index contributed by atoms with van der Waals surface area (Å²) in [5.41, 5.74) is 3.29. The molecule has 0 bridgehead atoms. The van der Waals surface area contributed by atoms with Crippen molar-refractivity contribution in [3.63, 3.8) is 0 Å². The Hall–Kier alpha value is -2.86. The molecule has 3 heterocycles. The maximum absolute atomic E-state index is 13.2. The highest BCUT2D eigenvalue weighted by atomic mass is 16.5. The molecule has 4 rings (SSSR count). The molecule has 1 aliphatic heterocycles. The van der Waals surface area contributed by atoms with Gasteiger partial charge in [0.15, 0.2) is 11.4 Å². The van der Waals surface area contributed by atoms with Crippen LogP contribution in [-0.2, 0) is 6.42 Å². The van der Waals surface area contributed by atoms with Crippen LogP contribution in [0.2, 0.25) is 0 Å². The summed E-state index contributed by atoms with van der Waals surface area (Å²) >= 11 is 0. The topological polar surface area (TPSA) is 58.9 Å². The molecule has 6 nitrogen and oxygen atoms in total. The lowest BCUT2D eigenvalue weighted by Crippen LogP contribution is -2.37. The molecule has 1 unspecified atom stereocenters. The lowest BCUT2D eigenvalue weighted by Gasteiger charge is -2.28. The third-order valence-electron chi connectivity index (χ3n) is 5.68. The molecule has 1 aliphatic rings. The van der Waals surface area contributed by atoms with E-state index in [1.807, 2.05) is 35.7 Å².